The normalized spacial score (nSPS) is 17.5. The number of fused-ring (bicyclic) bond motifs is 1. The Kier molecular flexibility index (Phi) is 4.98. The van der Waals surface area contributed by atoms with Crippen molar-refractivity contribution >= 4 is 11.9 Å². The quantitative estimate of drug-likeness (QED) is 0.865. The third-order valence-corrected chi connectivity index (χ3v) is 3.32. The van der Waals surface area contributed by atoms with Crippen LogP contribution in [-0.2, 0) is 9.59 Å². The summed E-state index contributed by atoms with van der Waals surface area (Å²) in [5, 5.41) is 11.5. The number of benzene rings is 1. The number of hydrogen-bond acceptors (Lipinski definition) is 3. The van der Waals surface area contributed by atoms with E-state index in [1.165, 1.54) is 0 Å². The fraction of sp³-hybridized carbons (Fsp3) is 0.467. The van der Waals surface area contributed by atoms with Gasteiger partial charge in [0.25, 0.3) is 0 Å². The van der Waals surface area contributed by atoms with Crippen LogP contribution < -0.4 is 10.1 Å². The van der Waals surface area contributed by atoms with Crippen LogP contribution in [0.3, 0.4) is 0 Å². The molecule has 1 unspecified atom stereocenters. The van der Waals surface area contributed by atoms with Crippen molar-refractivity contribution in [3.63, 3.8) is 0 Å². The van der Waals surface area contributed by atoms with E-state index in [0.717, 1.165) is 24.2 Å². The van der Waals surface area contributed by atoms with Crippen LogP contribution in [0.5, 0.6) is 5.75 Å². The van der Waals surface area contributed by atoms with Crippen molar-refractivity contribution in [1.29, 1.82) is 0 Å². The smallest absolute Gasteiger partial charge is 0.303 e. The molecule has 0 fully saturated rings. The van der Waals surface area contributed by atoms with Crippen LogP contribution >= 0.6 is 0 Å². The summed E-state index contributed by atoms with van der Waals surface area (Å²) >= 11 is 0. The van der Waals surface area contributed by atoms with Gasteiger partial charge in [0.2, 0.25) is 5.91 Å². The van der Waals surface area contributed by atoms with E-state index < -0.39 is 5.97 Å². The first kappa shape index (κ1) is 14.4. The number of carboxylic acid groups (broad SMARTS) is 1. The summed E-state index contributed by atoms with van der Waals surface area (Å²) in [6.07, 6.45) is 2.35. The van der Waals surface area contributed by atoms with Crippen LogP contribution in [0, 0.1) is 0 Å². The molecule has 0 aromatic heterocycles. The summed E-state index contributed by atoms with van der Waals surface area (Å²) < 4.78 is 5.64. The monoisotopic (exact) mass is 277 g/mol. The van der Waals surface area contributed by atoms with Gasteiger partial charge in [0.15, 0.2) is 0 Å². The van der Waals surface area contributed by atoms with Gasteiger partial charge in [0, 0.05) is 18.4 Å². The maximum Gasteiger partial charge on any atom is 0.303 e. The lowest BCUT2D eigenvalue weighted by molar-refractivity contribution is -0.137. The van der Waals surface area contributed by atoms with E-state index in [0.29, 0.717) is 13.0 Å². The third-order valence-electron chi connectivity index (χ3n) is 3.32. The summed E-state index contributed by atoms with van der Waals surface area (Å²) in [6.45, 7) is 0.655. The molecule has 0 saturated heterocycles. The van der Waals surface area contributed by atoms with Crippen LogP contribution in [0.25, 0.3) is 0 Å². The molecule has 0 spiro atoms. The second-order valence-electron chi connectivity index (χ2n) is 4.90. The fourth-order valence-electron chi connectivity index (χ4n) is 2.34. The van der Waals surface area contributed by atoms with Gasteiger partial charge in [0.1, 0.15) is 5.75 Å². The molecule has 1 heterocycles. The van der Waals surface area contributed by atoms with Gasteiger partial charge in [0.05, 0.1) is 12.6 Å². The number of nitrogens with one attached hydrogen (secondary N) is 1. The Morgan fingerprint density at radius 1 is 1.30 bits per heavy atom. The van der Waals surface area contributed by atoms with Gasteiger partial charge >= 0.3 is 5.97 Å². The summed E-state index contributed by atoms with van der Waals surface area (Å²) in [6, 6.07) is 7.66. The number of ether oxygens (including phenoxy) is 1. The molecule has 0 bridgehead atoms. The zero-order valence-electron chi connectivity index (χ0n) is 11.3. The lowest BCUT2D eigenvalue weighted by Gasteiger charge is -2.18. The van der Waals surface area contributed by atoms with Crippen molar-refractivity contribution in [3.8, 4) is 5.75 Å². The van der Waals surface area contributed by atoms with Gasteiger partial charge in [-0.2, -0.15) is 0 Å². The van der Waals surface area contributed by atoms with Crippen LogP contribution in [0.15, 0.2) is 24.3 Å². The van der Waals surface area contributed by atoms with E-state index in [2.05, 4.69) is 5.32 Å². The second-order valence-corrected chi connectivity index (χ2v) is 4.90. The molecule has 1 aliphatic heterocycles. The van der Waals surface area contributed by atoms with Gasteiger partial charge in [-0.05, 0) is 25.3 Å². The minimum atomic E-state index is -0.869. The van der Waals surface area contributed by atoms with Crippen molar-refractivity contribution in [1.82, 2.24) is 5.32 Å². The first-order valence-electron chi connectivity index (χ1n) is 6.89. The Balaban J connectivity index is 1.95. The standard InChI is InChI=1S/C15H19NO4/c17-14(8-3-9-15(18)19)16-12-6-4-10-20-13-7-2-1-5-11(12)13/h1-2,5,7,12H,3-4,6,8-10H2,(H,16,17)(H,18,19). The van der Waals surface area contributed by atoms with Crippen LogP contribution in [0.1, 0.15) is 43.7 Å². The molecule has 1 aromatic carbocycles. The maximum absolute atomic E-state index is 11.9. The minimum Gasteiger partial charge on any atom is -0.493 e. The predicted octanol–water partition coefficient (Wildman–Crippen LogP) is 2.27. The number of amides is 1. The summed E-state index contributed by atoms with van der Waals surface area (Å²) in [5.74, 6) is -0.153. The van der Waals surface area contributed by atoms with Gasteiger partial charge < -0.3 is 15.2 Å². The van der Waals surface area contributed by atoms with Gasteiger partial charge in [-0.25, -0.2) is 0 Å². The minimum absolute atomic E-state index is 0.0256. The lowest BCUT2D eigenvalue weighted by Crippen LogP contribution is -2.28. The molecular formula is C15H19NO4. The molecule has 20 heavy (non-hydrogen) atoms. The van der Waals surface area contributed by atoms with E-state index in [1.54, 1.807) is 0 Å². The van der Waals surface area contributed by atoms with Crippen LogP contribution in [0.4, 0.5) is 0 Å². The summed E-state index contributed by atoms with van der Waals surface area (Å²) in [7, 11) is 0. The molecule has 1 aliphatic rings. The average molecular weight is 277 g/mol. The van der Waals surface area contributed by atoms with E-state index in [1.807, 2.05) is 24.3 Å². The highest BCUT2D eigenvalue weighted by Crippen LogP contribution is 2.31. The van der Waals surface area contributed by atoms with Gasteiger partial charge in [-0.15, -0.1) is 0 Å². The number of carbonyl (C=O) groups is 2. The number of carboxylic acids is 1. The third kappa shape index (κ3) is 3.98. The predicted molar refractivity (Wildman–Crippen MR) is 73.5 cm³/mol. The largest absolute Gasteiger partial charge is 0.493 e. The van der Waals surface area contributed by atoms with Gasteiger partial charge in [-0.1, -0.05) is 18.2 Å². The number of hydrogen-bond donors (Lipinski definition) is 2. The molecule has 2 rings (SSSR count). The number of rotatable bonds is 5. The molecule has 0 saturated carbocycles. The first-order chi connectivity index (χ1) is 9.66. The lowest BCUT2D eigenvalue weighted by atomic mass is 10.0. The highest BCUT2D eigenvalue weighted by atomic mass is 16.5. The highest BCUT2D eigenvalue weighted by molar-refractivity contribution is 5.77. The Morgan fingerprint density at radius 3 is 2.90 bits per heavy atom. The van der Waals surface area contributed by atoms with Gasteiger partial charge in [-0.3, -0.25) is 9.59 Å². The topological polar surface area (TPSA) is 75.6 Å². The molecule has 2 N–H and O–H groups in total. The van der Waals surface area contributed by atoms with Crippen LogP contribution in [0.2, 0.25) is 0 Å². The van der Waals surface area contributed by atoms with Crippen molar-refractivity contribution < 1.29 is 19.4 Å². The molecule has 5 nitrogen and oxygen atoms in total. The Hall–Kier alpha value is -2.04. The SMILES string of the molecule is O=C(O)CCCC(=O)NC1CCCOc2ccccc21. The zero-order valence-corrected chi connectivity index (χ0v) is 11.3. The Labute approximate surface area is 117 Å². The summed E-state index contributed by atoms with van der Waals surface area (Å²) in [5.41, 5.74) is 0.997. The highest BCUT2D eigenvalue weighted by Gasteiger charge is 2.20. The average Bonchev–Trinajstić information content (AvgIpc) is 2.61. The van der Waals surface area contributed by atoms with Crippen molar-refractivity contribution in [3.05, 3.63) is 29.8 Å². The van der Waals surface area contributed by atoms with E-state index in [-0.39, 0.29) is 24.8 Å². The number of aliphatic carboxylic acids is 1. The van der Waals surface area contributed by atoms with E-state index in [9.17, 15) is 9.59 Å². The van der Waals surface area contributed by atoms with Crippen molar-refractivity contribution in [2.75, 3.05) is 6.61 Å². The van der Waals surface area contributed by atoms with Crippen molar-refractivity contribution in [2.24, 2.45) is 0 Å². The second kappa shape index (κ2) is 6.93. The van der Waals surface area contributed by atoms with Crippen LogP contribution in [-0.4, -0.2) is 23.6 Å². The fourth-order valence-corrected chi connectivity index (χ4v) is 2.34. The molecule has 1 aromatic rings. The van der Waals surface area contributed by atoms with Crippen molar-refractivity contribution in [2.45, 2.75) is 38.1 Å². The zero-order chi connectivity index (χ0) is 14.4. The molecule has 1 amide bonds. The molecule has 0 radical (unpaired) electrons. The maximum atomic E-state index is 11.9. The number of para-hydroxylation sites is 1. The molecule has 108 valence electrons. The molecule has 5 heteroatoms. The van der Waals surface area contributed by atoms with E-state index >= 15 is 0 Å². The molecular weight excluding hydrogens is 258 g/mol. The Morgan fingerprint density at radius 2 is 2.10 bits per heavy atom. The first-order valence-corrected chi connectivity index (χ1v) is 6.89. The summed E-state index contributed by atoms with van der Waals surface area (Å²) in [4.78, 5) is 22.3. The molecule has 1 atom stereocenters. The molecule has 0 aliphatic carbocycles. The Bertz CT molecular complexity index is 487. The van der Waals surface area contributed by atoms with E-state index in [4.69, 9.17) is 9.84 Å². The number of carbonyl (C=O) groups excluding carboxylic acids is 1.